The van der Waals surface area contributed by atoms with Crippen LogP contribution in [0.2, 0.25) is 0 Å². The van der Waals surface area contributed by atoms with Crippen molar-refractivity contribution in [2.45, 2.75) is 26.2 Å². The molecule has 1 heteroatoms. The Kier molecular flexibility index (Phi) is 5.46. The summed E-state index contributed by atoms with van der Waals surface area (Å²) in [7, 11) is 0. The Morgan fingerprint density at radius 3 is 2.50 bits per heavy atom. The zero-order valence-electron chi connectivity index (χ0n) is 8.74. The predicted octanol–water partition coefficient (Wildman–Crippen LogP) is 3.97. The second-order valence-corrected chi connectivity index (χ2v) is 3.80. The zero-order valence-corrected chi connectivity index (χ0v) is 9.63. The zero-order chi connectivity index (χ0) is 10.2. The van der Waals surface area contributed by atoms with Crippen LogP contribution < -0.4 is 0 Å². The lowest BCUT2D eigenvalue weighted by atomic mass is 10.1. The molecule has 14 heavy (non-hydrogen) atoms. The van der Waals surface area contributed by atoms with Crippen LogP contribution in [0.5, 0.6) is 0 Å². The minimum absolute atomic E-state index is 0.803. The lowest BCUT2D eigenvalue weighted by Crippen LogP contribution is -1.84. The van der Waals surface area contributed by atoms with Crippen LogP contribution in [0.1, 0.15) is 30.9 Å². The first-order valence-corrected chi connectivity index (χ1v) is 5.86. The molecule has 0 aliphatic carbocycles. The van der Waals surface area contributed by atoms with Crippen LogP contribution in [0.4, 0.5) is 0 Å². The lowest BCUT2D eigenvalue weighted by molar-refractivity contribution is 0.795. The van der Waals surface area contributed by atoms with Gasteiger partial charge in [-0.2, -0.15) is 12.6 Å². The topological polar surface area (TPSA) is 0 Å². The quantitative estimate of drug-likeness (QED) is 0.692. The summed E-state index contributed by atoms with van der Waals surface area (Å²) < 4.78 is 0. The average molecular weight is 206 g/mol. The van der Waals surface area contributed by atoms with Gasteiger partial charge in [-0.3, -0.25) is 0 Å². The summed E-state index contributed by atoms with van der Waals surface area (Å²) in [6.07, 6.45) is 7.92. The molecular weight excluding hydrogens is 188 g/mol. The molecule has 0 nitrogen and oxygen atoms in total. The second kappa shape index (κ2) is 6.72. The first-order chi connectivity index (χ1) is 6.86. The van der Waals surface area contributed by atoms with Crippen molar-refractivity contribution in [3.8, 4) is 0 Å². The third-order valence-corrected chi connectivity index (χ3v) is 2.43. The molecule has 0 fully saturated rings. The molecule has 0 radical (unpaired) electrons. The van der Waals surface area contributed by atoms with Gasteiger partial charge in [-0.05, 0) is 24.0 Å². The van der Waals surface area contributed by atoms with Crippen LogP contribution in [0.15, 0.2) is 30.3 Å². The van der Waals surface area contributed by atoms with Gasteiger partial charge in [-0.15, -0.1) is 0 Å². The fourth-order valence-corrected chi connectivity index (χ4v) is 1.47. The monoisotopic (exact) mass is 206 g/mol. The average Bonchev–Trinajstić information content (AvgIpc) is 2.25. The number of benzene rings is 1. The van der Waals surface area contributed by atoms with Crippen molar-refractivity contribution in [2.75, 3.05) is 5.75 Å². The molecule has 1 aromatic rings. The van der Waals surface area contributed by atoms with E-state index < -0.39 is 0 Å². The molecule has 0 bridgehead atoms. The fourth-order valence-electron chi connectivity index (χ4n) is 1.37. The molecule has 1 rings (SSSR count). The molecule has 0 spiro atoms. The molecular formula is C13H18S. The van der Waals surface area contributed by atoms with Gasteiger partial charge in [0.2, 0.25) is 0 Å². The third-order valence-electron chi connectivity index (χ3n) is 2.21. The van der Waals surface area contributed by atoms with Gasteiger partial charge in [0.25, 0.3) is 0 Å². The van der Waals surface area contributed by atoms with Gasteiger partial charge >= 0.3 is 0 Å². The van der Waals surface area contributed by atoms with Gasteiger partial charge in [0, 0.05) is 5.75 Å². The molecule has 0 heterocycles. The minimum atomic E-state index is 0.803. The van der Waals surface area contributed by atoms with E-state index in [4.69, 9.17) is 0 Å². The van der Waals surface area contributed by atoms with Crippen molar-refractivity contribution < 1.29 is 0 Å². The number of thiol groups is 1. The summed E-state index contributed by atoms with van der Waals surface area (Å²) >= 11 is 4.13. The van der Waals surface area contributed by atoms with E-state index in [-0.39, 0.29) is 0 Å². The van der Waals surface area contributed by atoms with Crippen molar-refractivity contribution in [3.05, 3.63) is 41.5 Å². The van der Waals surface area contributed by atoms with Crippen molar-refractivity contribution in [1.29, 1.82) is 0 Å². The molecule has 1 aromatic carbocycles. The van der Waals surface area contributed by atoms with E-state index in [1.54, 1.807) is 0 Å². The molecule has 0 aromatic heterocycles. The second-order valence-electron chi connectivity index (χ2n) is 3.43. The maximum absolute atomic E-state index is 4.13. The van der Waals surface area contributed by atoms with Crippen LogP contribution in [0.3, 0.4) is 0 Å². The molecule has 0 N–H and O–H groups in total. The number of hydrogen-bond donors (Lipinski definition) is 1. The number of aryl methyl sites for hydroxylation is 1. The van der Waals surface area contributed by atoms with Gasteiger partial charge in [0.1, 0.15) is 0 Å². The highest BCUT2D eigenvalue weighted by Gasteiger charge is 1.91. The van der Waals surface area contributed by atoms with Crippen LogP contribution in [-0.4, -0.2) is 5.75 Å². The van der Waals surface area contributed by atoms with E-state index in [2.05, 4.69) is 56.0 Å². The molecule has 0 saturated carbocycles. The van der Waals surface area contributed by atoms with Crippen LogP contribution >= 0.6 is 12.6 Å². The Morgan fingerprint density at radius 1 is 1.21 bits per heavy atom. The van der Waals surface area contributed by atoms with Gasteiger partial charge < -0.3 is 0 Å². The Bertz CT molecular complexity index is 272. The highest BCUT2D eigenvalue weighted by Crippen LogP contribution is 2.09. The van der Waals surface area contributed by atoms with Gasteiger partial charge in [0.05, 0.1) is 0 Å². The Balaban J connectivity index is 2.54. The molecule has 0 aliphatic rings. The van der Waals surface area contributed by atoms with E-state index in [1.165, 1.54) is 30.4 Å². The normalized spacial score (nSPS) is 11.0. The number of rotatable bonds is 5. The van der Waals surface area contributed by atoms with Crippen molar-refractivity contribution >= 4 is 18.7 Å². The van der Waals surface area contributed by atoms with Gasteiger partial charge in [0.15, 0.2) is 0 Å². The standard InChI is InChI=1S/C13H18S/c1-2-3-5-12-7-9-13(10-8-12)6-4-11-14/h4,6-10,14H,2-3,5,11H2,1H3. The molecule has 0 saturated heterocycles. The van der Waals surface area contributed by atoms with E-state index in [9.17, 15) is 0 Å². The largest absolute Gasteiger partial charge is 0.175 e. The molecule has 0 unspecified atom stereocenters. The summed E-state index contributed by atoms with van der Waals surface area (Å²) in [6.45, 7) is 2.23. The summed E-state index contributed by atoms with van der Waals surface area (Å²) in [5.74, 6) is 0.803. The molecule has 0 atom stereocenters. The van der Waals surface area contributed by atoms with Gasteiger partial charge in [-0.25, -0.2) is 0 Å². The summed E-state index contributed by atoms with van der Waals surface area (Å²) in [4.78, 5) is 0. The summed E-state index contributed by atoms with van der Waals surface area (Å²) in [5, 5.41) is 0. The van der Waals surface area contributed by atoms with Crippen molar-refractivity contribution in [1.82, 2.24) is 0 Å². The highest BCUT2D eigenvalue weighted by atomic mass is 32.1. The van der Waals surface area contributed by atoms with E-state index in [0.29, 0.717) is 0 Å². The Hall–Kier alpha value is -0.690. The number of hydrogen-bond acceptors (Lipinski definition) is 1. The lowest BCUT2D eigenvalue weighted by Gasteiger charge is -2.00. The smallest absolute Gasteiger partial charge is 0.00858 e. The van der Waals surface area contributed by atoms with Crippen molar-refractivity contribution in [2.24, 2.45) is 0 Å². The third kappa shape index (κ3) is 4.01. The maximum atomic E-state index is 4.13. The number of unbranched alkanes of at least 4 members (excludes halogenated alkanes) is 1. The van der Waals surface area contributed by atoms with E-state index in [1.807, 2.05) is 0 Å². The summed E-state index contributed by atoms with van der Waals surface area (Å²) in [6, 6.07) is 8.78. The van der Waals surface area contributed by atoms with Crippen LogP contribution in [0, 0.1) is 0 Å². The highest BCUT2D eigenvalue weighted by molar-refractivity contribution is 7.80. The molecule has 0 aliphatic heterocycles. The Morgan fingerprint density at radius 2 is 1.93 bits per heavy atom. The minimum Gasteiger partial charge on any atom is -0.175 e. The van der Waals surface area contributed by atoms with Gasteiger partial charge in [-0.1, -0.05) is 49.8 Å². The maximum Gasteiger partial charge on any atom is 0.00858 e. The predicted molar refractivity (Wildman–Crippen MR) is 67.9 cm³/mol. The fraction of sp³-hybridized carbons (Fsp3) is 0.385. The molecule has 76 valence electrons. The van der Waals surface area contributed by atoms with E-state index >= 15 is 0 Å². The van der Waals surface area contributed by atoms with Crippen LogP contribution in [0.25, 0.3) is 6.08 Å². The SMILES string of the molecule is CCCCc1ccc(C=CCS)cc1. The van der Waals surface area contributed by atoms with Crippen molar-refractivity contribution in [3.63, 3.8) is 0 Å². The van der Waals surface area contributed by atoms with E-state index in [0.717, 1.165) is 5.75 Å². The first kappa shape index (κ1) is 11.4. The first-order valence-electron chi connectivity index (χ1n) is 5.23. The molecule has 0 amide bonds. The summed E-state index contributed by atoms with van der Waals surface area (Å²) in [5.41, 5.74) is 2.70. The van der Waals surface area contributed by atoms with Crippen LogP contribution in [-0.2, 0) is 6.42 Å². The Labute approximate surface area is 92.5 Å².